The minimum atomic E-state index is -0.466. The van der Waals surface area contributed by atoms with Gasteiger partial charge in [-0.25, -0.2) is 0 Å². The molecule has 2 bridgehead atoms. The van der Waals surface area contributed by atoms with Crippen molar-refractivity contribution in [1.29, 1.82) is 0 Å². The van der Waals surface area contributed by atoms with Gasteiger partial charge in [0.05, 0.1) is 0 Å². The third-order valence-electron chi connectivity index (χ3n) is 7.50. The first-order valence-electron chi connectivity index (χ1n) is 11.0. The summed E-state index contributed by atoms with van der Waals surface area (Å²) in [6.45, 7) is 3.57. The van der Waals surface area contributed by atoms with E-state index in [1.807, 2.05) is 17.0 Å². The van der Waals surface area contributed by atoms with E-state index in [9.17, 15) is 9.59 Å². The lowest BCUT2D eigenvalue weighted by Gasteiger charge is -2.35. The molecule has 2 amide bonds. The molecule has 3 heterocycles. The molecule has 3 fully saturated rings. The van der Waals surface area contributed by atoms with Gasteiger partial charge in [-0.15, -0.1) is 0 Å². The fraction of sp³-hybridized carbons (Fsp3) is 0.682. The first kappa shape index (κ1) is 19.2. The van der Waals surface area contributed by atoms with Crippen LogP contribution >= 0.6 is 11.8 Å². The third-order valence-corrected chi connectivity index (χ3v) is 8.68. The number of fused-ring (bicyclic) bond motifs is 2. The molecule has 156 valence electrons. The molecule has 2 aliphatic carbocycles. The van der Waals surface area contributed by atoms with Gasteiger partial charge < -0.3 is 15.2 Å². The molecule has 2 aliphatic heterocycles. The number of aliphatic imine (C=N–C) groups is 1. The summed E-state index contributed by atoms with van der Waals surface area (Å²) in [4.78, 5) is 34.6. The van der Waals surface area contributed by atoms with Crippen LogP contribution in [0.2, 0.25) is 0 Å². The number of carbonyl (C=O) groups excluding carboxylic acids is 2. The van der Waals surface area contributed by atoms with Gasteiger partial charge in [0.25, 0.3) is 11.8 Å². The Labute approximate surface area is 176 Å². The maximum atomic E-state index is 12.8. The van der Waals surface area contributed by atoms with Crippen LogP contribution in [0, 0.1) is 11.8 Å². The van der Waals surface area contributed by atoms with Gasteiger partial charge in [-0.1, -0.05) is 11.8 Å². The fourth-order valence-electron chi connectivity index (χ4n) is 5.79. The Morgan fingerprint density at radius 2 is 2.07 bits per heavy atom. The van der Waals surface area contributed by atoms with E-state index in [0.29, 0.717) is 11.6 Å². The summed E-state index contributed by atoms with van der Waals surface area (Å²) in [5, 5.41) is 4.53. The largest absolute Gasteiger partial charge is 0.359 e. The van der Waals surface area contributed by atoms with E-state index in [4.69, 9.17) is 0 Å². The van der Waals surface area contributed by atoms with Gasteiger partial charge in [0, 0.05) is 24.8 Å². The van der Waals surface area contributed by atoms with Gasteiger partial charge in [-0.05, 0) is 82.3 Å². The van der Waals surface area contributed by atoms with Crippen molar-refractivity contribution in [2.75, 3.05) is 13.1 Å². The molecule has 6 nitrogen and oxygen atoms in total. The van der Waals surface area contributed by atoms with Crippen molar-refractivity contribution in [2.45, 2.75) is 68.6 Å². The summed E-state index contributed by atoms with van der Waals surface area (Å²) in [7, 11) is 0. The number of nitrogens with zero attached hydrogens (tertiary/aromatic N) is 2. The number of piperidine rings is 1. The summed E-state index contributed by atoms with van der Waals surface area (Å²) >= 11 is 1.64. The number of thioether (sulfide) groups is 1. The number of carbonyl (C=O) groups is 2. The molecule has 29 heavy (non-hydrogen) atoms. The smallest absolute Gasteiger partial charge is 0.270 e. The molecule has 1 aromatic heterocycles. The highest BCUT2D eigenvalue weighted by atomic mass is 32.2. The van der Waals surface area contributed by atoms with Crippen molar-refractivity contribution in [3.63, 3.8) is 0 Å². The lowest BCUT2D eigenvalue weighted by Crippen LogP contribution is -2.44. The number of nitrogens with one attached hydrogen (secondary N) is 2. The van der Waals surface area contributed by atoms with Crippen LogP contribution < -0.4 is 5.32 Å². The van der Waals surface area contributed by atoms with E-state index in [1.165, 1.54) is 32.1 Å². The summed E-state index contributed by atoms with van der Waals surface area (Å²) in [6, 6.07) is 3.68. The van der Waals surface area contributed by atoms with Crippen molar-refractivity contribution in [2.24, 2.45) is 16.8 Å². The van der Waals surface area contributed by atoms with Crippen LogP contribution in [0.3, 0.4) is 0 Å². The number of likely N-dealkylation sites (tertiary alicyclic amines) is 1. The molecule has 1 saturated heterocycles. The number of amidine groups is 1. The van der Waals surface area contributed by atoms with Crippen molar-refractivity contribution >= 4 is 28.7 Å². The predicted molar refractivity (Wildman–Crippen MR) is 115 cm³/mol. The molecule has 2 saturated carbocycles. The molecule has 1 aromatic rings. The van der Waals surface area contributed by atoms with Crippen molar-refractivity contribution in [3.05, 3.63) is 24.0 Å². The second-order valence-electron chi connectivity index (χ2n) is 9.63. The van der Waals surface area contributed by atoms with Gasteiger partial charge in [-0.3, -0.25) is 9.59 Å². The van der Waals surface area contributed by atoms with Crippen LogP contribution in [0.5, 0.6) is 0 Å². The average molecular weight is 415 g/mol. The van der Waals surface area contributed by atoms with Crippen molar-refractivity contribution in [3.8, 4) is 0 Å². The number of aromatic amines is 1. The number of hydrogen-bond donors (Lipinski definition) is 2. The number of amides is 2. The van der Waals surface area contributed by atoms with Gasteiger partial charge >= 0.3 is 0 Å². The summed E-state index contributed by atoms with van der Waals surface area (Å²) in [6.07, 6.45) is 10.8. The SMILES string of the molecule is C[C@]1(CC2CCN(C(=O)c3ccc[nH]3)CC2)SC(NC23CCC(CC2)C3)=NC1=O. The number of rotatable bonds is 4. The topological polar surface area (TPSA) is 77.6 Å². The lowest BCUT2D eigenvalue weighted by atomic mass is 9.87. The fourth-order valence-corrected chi connectivity index (χ4v) is 7.07. The zero-order chi connectivity index (χ0) is 20.1. The number of aromatic nitrogens is 1. The highest BCUT2D eigenvalue weighted by molar-refractivity contribution is 8.16. The molecular formula is C22H30N4O2S. The molecule has 0 spiro atoms. The van der Waals surface area contributed by atoms with Crippen LogP contribution in [0.4, 0.5) is 0 Å². The second kappa shape index (κ2) is 7.18. The Balaban J connectivity index is 1.15. The third kappa shape index (κ3) is 3.62. The molecule has 0 aromatic carbocycles. The molecule has 7 heteroatoms. The van der Waals surface area contributed by atoms with Crippen molar-refractivity contribution in [1.82, 2.24) is 15.2 Å². The lowest BCUT2D eigenvalue weighted by molar-refractivity contribution is -0.119. The molecular weight excluding hydrogens is 384 g/mol. The standard InChI is InChI=1S/C22H30N4O2S/c1-21(13-16-6-11-26(12-7-16)18(27)17-3-2-10-23-17)19(28)24-20(29-21)25-22-8-4-15(14-22)5-9-22/h2-3,10,15-16,23H,4-9,11-14H2,1H3,(H,24,25,28)/t15?,21-,22?/m1/s1. The molecule has 0 radical (unpaired) electrons. The maximum absolute atomic E-state index is 12.8. The zero-order valence-electron chi connectivity index (χ0n) is 17.1. The number of H-pyrrole nitrogens is 1. The van der Waals surface area contributed by atoms with E-state index >= 15 is 0 Å². The molecule has 2 N–H and O–H groups in total. The Hall–Kier alpha value is -1.76. The van der Waals surface area contributed by atoms with Crippen molar-refractivity contribution < 1.29 is 9.59 Å². The van der Waals surface area contributed by atoms with E-state index in [2.05, 4.69) is 22.2 Å². The van der Waals surface area contributed by atoms with Gasteiger partial charge in [0.2, 0.25) is 0 Å². The van der Waals surface area contributed by atoms with E-state index in [0.717, 1.165) is 43.4 Å². The Kier molecular flexibility index (Phi) is 4.76. The van der Waals surface area contributed by atoms with Gasteiger partial charge in [0.1, 0.15) is 10.4 Å². The summed E-state index contributed by atoms with van der Waals surface area (Å²) in [5.41, 5.74) is 0.854. The monoisotopic (exact) mass is 414 g/mol. The van der Waals surface area contributed by atoms with Crippen LogP contribution in [-0.4, -0.2) is 50.2 Å². The first-order valence-corrected chi connectivity index (χ1v) is 11.8. The summed E-state index contributed by atoms with van der Waals surface area (Å²) < 4.78 is -0.466. The van der Waals surface area contributed by atoms with E-state index in [-0.39, 0.29) is 17.4 Å². The predicted octanol–water partition coefficient (Wildman–Crippen LogP) is 3.57. The van der Waals surface area contributed by atoms with Crippen LogP contribution in [-0.2, 0) is 4.79 Å². The average Bonchev–Trinajstić information content (AvgIpc) is 3.48. The Morgan fingerprint density at radius 3 is 2.69 bits per heavy atom. The minimum Gasteiger partial charge on any atom is -0.359 e. The Morgan fingerprint density at radius 1 is 1.31 bits per heavy atom. The zero-order valence-corrected chi connectivity index (χ0v) is 17.9. The second-order valence-corrected chi connectivity index (χ2v) is 11.1. The van der Waals surface area contributed by atoms with Crippen LogP contribution in [0.25, 0.3) is 0 Å². The maximum Gasteiger partial charge on any atom is 0.270 e. The van der Waals surface area contributed by atoms with E-state index in [1.54, 1.807) is 18.0 Å². The molecule has 1 atom stereocenters. The molecule has 4 aliphatic rings. The first-order chi connectivity index (χ1) is 13.9. The highest BCUT2D eigenvalue weighted by Gasteiger charge is 2.49. The highest BCUT2D eigenvalue weighted by Crippen LogP contribution is 2.49. The van der Waals surface area contributed by atoms with Crippen LogP contribution in [0.1, 0.15) is 68.8 Å². The normalized spacial score (nSPS) is 34.7. The summed E-state index contributed by atoms with van der Waals surface area (Å²) in [5.74, 6) is 1.42. The number of hydrogen-bond acceptors (Lipinski definition) is 4. The quantitative estimate of drug-likeness (QED) is 0.790. The van der Waals surface area contributed by atoms with E-state index < -0.39 is 4.75 Å². The van der Waals surface area contributed by atoms with Gasteiger partial charge in [0.15, 0.2) is 5.17 Å². The van der Waals surface area contributed by atoms with Gasteiger partial charge in [-0.2, -0.15) is 4.99 Å². The molecule has 0 unspecified atom stereocenters. The molecule has 5 rings (SSSR count). The minimum absolute atomic E-state index is 0.0128. The Bertz CT molecular complexity index is 820. The van der Waals surface area contributed by atoms with Crippen LogP contribution in [0.15, 0.2) is 23.3 Å².